The van der Waals surface area contributed by atoms with E-state index in [1.807, 2.05) is 43.0 Å². The zero-order valence-electron chi connectivity index (χ0n) is 13.6. The Balaban J connectivity index is 2.03. The molecule has 0 bridgehead atoms. The van der Waals surface area contributed by atoms with Crippen LogP contribution < -0.4 is 5.32 Å². The minimum absolute atomic E-state index is 0.0259. The van der Waals surface area contributed by atoms with Gasteiger partial charge in [0.05, 0.1) is 10.5 Å². The minimum atomic E-state index is -0.426. The Morgan fingerprint density at radius 3 is 2.50 bits per heavy atom. The highest BCUT2D eigenvalue weighted by Crippen LogP contribution is 2.35. The van der Waals surface area contributed by atoms with Crippen molar-refractivity contribution in [1.29, 1.82) is 0 Å². The largest absolute Gasteiger partial charge is 0.361 e. The Bertz CT molecular complexity index is 773. The van der Waals surface area contributed by atoms with Gasteiger partial charge >= 0.3 is 0 Å². The molecule has 0 radical (unpaired) electrons. The fourth-order valence-electron chi connectivity index (χ4n) is 2.94. The van der Waals surface area contributed by atoms with Gasteiger partial charge in [0.25, 0.3) is 11.6 Å². The highest BCUT2D eigenvalue weighted by Gasteiger charge is 2.35. The number of nitro benzene ring substituents is 1. The number of non-ortho nitro benzene ring substituents is 1. The molecule has 0 aromatic heterocycles. The molecular weight excluding hydrogens is 306 g/mol. The summed E-state index contributed by atoms with van der Waals surface area (Å²) in [5.41, 5.74) is 2.29. The molecule has 1 amide bonds. The van der Waals surface area contributed by atoms with Gasteiger partial charge in [0.1, 0.15) is 6.17 Å². The Hall–Kier alpha value is -2.89. The highest BCUT2D eigenvalue weighted by atomic mass is 16.6. The van der Waals surface area contributed by atoms with E-state index in [0.717, 1.165) is 17.7 Å². The van der Waals surface area contributed by atoms with Crippen molar-refractivity contribution in [1.82, 2.24) is 4.90 Å². The first kappa shape index (κ1) is 16.0. The molecule has 124 valence electrons. The lowest BCUT2D eigenvalue weighted by atomic mass is 10.0. The van der Waals surface area contributed by atoms with Gasteiger partial charge in [-0.15, -0.1) is 0 Å². The predicted octanol–water partition coefficient (Wildman–Crippen LogP) is 3.96. The smallest absolute Gasteiger partial charge is 0.269 e. The van der Waals surface area contributed by atoms with E-state index in [-0.39, 0.29) is 23.8 Å². The molecule has 1 heterocycles. The van der Waals surface area contributed by atoms with Crippen LogP contribution in [0, 0.1) is 10.1 Å². The Morgan fingerprint density at radius 2 is 1.88 bits per heavy atom. The third kappa shape index (κ3) is 2.71. The number of nitro groups is 1. The van der Waals surface area contributed by atoms with Crippen molar-refractivity contribution in [2.24, 2.45) is 0 Å². The Labute approximate surface area is 140 Å². The number of nitrogens with zero attached hydrogens (tertiary/aromatic N) is 2. The van der Waals surface area contributed by atoms with Crippen molar-refractivity contribution in [3.05, 3.63) is 69.8 Å². The Morgan fingerprint density at radius 1 is 1.21 bits per heavy atom. The standard InChI is InChI=1S/C18H19N3O3/c1-3-12(2)20-17(13-8-10-14(11-9-13)21(23)24)19-16-7-5-4-6-15(16)18(20)22/h4-12,17,19H,3H2,1-2H3/t12-,17+/m0/s1. The van der Waals surface area contributed by atoms with Gasteiger partial charge in [0.2, 0.25) is 0 Å². The van der Waals surface area contributed by atoms with Crippen molar-refractivity contribution >= 4 is 17.3 Å². The van der Waals surface area contributed by atoms with Crippen LogP contribution in [-0.2, 0) is 0 Å². The molecular formula is C18H19N3O3. The lowest BCUT2D eigenvalue weighted by molar-refractivity contribution is -0.384. The summed E-state index contributed by atoms with van der Waals surface area (Å²) in [7, 11) is 0. The number of amides is 1. The zero-order valence-corrected chi connectivity index (χ0v) is 13.6. The molecule has 6 nitrogen and oxygen atoms in total. The van der Waals surface area contributed by atoms with E-state index in [1.54, 1.807) is 12.1 Å². The second-order valence-electron chi connectivity index (χ2n) is 5.91. The number of hydrogen-bond donors (Lipinski definition) is 1. The van der Waals surface area contributed by atoms with E-state index in [2.05, 4.69) is 5.32 Å². The van der Waals surface area contributed by atoms with Crippen LogP contribution in [0.5, 0.6) is 0 Å². The van der Waals surface area contributed by atoms with Gasteiger partial charge in [-0.2, -0.15) is 0 Å². The fraction of sp³-hybridized carbons (Fsp3) is 0.278. The van der Waals surface area contributed by atoms with Crippen LogP contribution in [0.1, 0.15) is 42.4 Å². The van der Waals surface area contributed by atoms with Gasteiger partial charge in [-0.3, -0.25) is 14.9 Å². The first-order valence-electron chi connectivity index (χ1n) is 7.95. The van der Waals surface area contributed by atoms with Crippen LogP contribution in [0.4, 0.5) is 11.4 Å². The maximum absolute atomic E-state index is 13.0. The van der Waals surface area contributed by atoms with Crippen LogP contribution in [0.3, 0.4) is 0 Å². The average molecular weight is 325 g/mol. The second-order valence-corrected chi connectivity index (χ2v) is 5.91. The summed E-state index contributed by atoms with van der Waals surface area (Å²) in [6, 6.07) is 13.8. The predicted molar refractivity (Wildman–Crippen MR) is 91.8 cm³/mol. The van der Waals surface area contributed by atoms with E-state index in [9.17, 15) is 14.9 Å². The minimum Gasteiger partial charge on any atom is -0.361 e. The molecule has 2 aromatic carbocycles. The van der Waals surface area contributed by atoms with Crippen LogP contribution >= 0.6 is 0 Å². The van der Waals surface area contributed by atoms with Crippen molar-refractivity contribution in [3.8, 4) is 0 Å². The average Bonchev–Trinajstić information content (AvgIpc) is 2.61. The van der Waals surface area contributed by atoms with Crippen molar-refractivity contribution < 1.29 is 9.72 Å². The molecule has 0 saturated heterocycles. The number of fused-ring (bicyclic) bond motifs is 1. The van der Waals surface area contributed by atoms with E-state index >= 15 is 0 Å². The number of anilines is 1. The monoisotopic (exact) mass is 325 g/mol. The maximum atomic E-state index is 13.0. The van der Waals surface area contributed by atoms with Crippen LogP contribution in [0.15, 0.2) is 48.5 Å². The van der Waals surface area contributed by atoms with Gasteiger partial charge in [0, 0.05) is 23.9 Å². The molecule has 1 aliphatic heterocycles. The van der Waals surface area contributed by atoms with E-state index < -0.39 is 4.92 Å². The third-order valence-electron chi connectivity index (χ3n) is 4.45. The highest BCUT2D eigenvalue weighted by molar-refractivity contribution is 6.01. The van der Waals surface area contributed by atoms with Gasteiger partial charge in [-0.05, 0) is 43.2 Å². The molecule has 1 N–H and O–H groups in total. The van der Waals surface area contributed by atoms with E-state index in [1.165, 1.54) is 12.1 Å². The van der Waals surface area contributed by atoms with Gasteiger partial charge in [0.15, 0.2) is 0 Å². The SMILES string of the molecule is CC[C@H](C)N1C(=O)c2ccccc2N[C@H]1c1ccc([N+](=O)[O-])cc1. The molecule has 0 spiro atoms. The molecule has 1 aliphatic rings. The Kier molecular flexibility index (Phi) is 4.20. The quantitative estimate of drug-likeness (QED) is 0.682. The van der Waals surface area contributed by atoms with Gasteiger partial charge in [-0.25, -0.2) is 0 Å². The van der Waals surface area contributed by atoms with Crippen molar-refractivity contribution in [2.45, 2.75) is 32.5 Å². The van der Waals surface area contributed by atoms with Crippen LogP contribution in [0.2, 0.25) is 0 Å². The number of carbonyl (C=O) groups is 1. The number of hydrogen-bond acceptors (Lipinski definition) is 4. The molecule has 0 fully saturated rings. The van der Waals surface area contributed by atoms with E-state index in [0.29, 0.717) is 5.56 Å². The molecule has 3 rings (SSSR count). The van der Waals surface area contributed by atoms with Crippen LogP contribution in [0.25, 0.3) is 0 Å². The second kappa shape index (κ2) is 6.31. The summed E-state index contributed by atoms with van der Waals surface area (Å²) in [5.74, 6) is -0.0259. The van der Waals surface area contributed by atoms with Gasteiger partial charge < -0.3 is 10.2 Å². The zero-order chi connectivity index (χ0) is 17.3. The third-order valence-corrected chi connectivity index (χ3v) is 4.45. The number of nitrogens with one attached hydrogen (secondary N) is 1. The topological polar surface area (TPSA) is 75.5 Å². The molecule has 0 saturated carbocycles. The van der Waals surface area contributed by atoms with Gasteiger partial charge in [-0.1, -0.05) is 19.1 Å². The molecule has 0 aliphatic carbocycles. The lowest BCUT2D eigenvalue weighted by Crippen LogP contribution is -2.47. The summed E-state index contributed by atoms with van der Waals surface area (Å²) in [6.07, 6.45) is 0.474. The first-order chi connectivity index (χ1) is 11.5. The molecule has 0 unspecified atom stereocenters. The van der Waals surface area contributed by atoms with Crippen molar-refractivity contribution in [2.75, 3.05) is 5.32 Å². The summed E-state index contributed by atoms with van der Waals surface area (Å²) >= 11 is 0. The number of para-hydroxylation sites is 1. The number of benzene rings is 2. The van der Waals surface area contributed by atoms with Crippen molar-refractivity contribution in [3.63, 3.8) is 0 Å². The lowest BCUT2D eigenvalue weighted by Gasteiger charge is -2.41. The summed E-state index contributed by atoms with van der Waals surface area (Å²) in [6.45, 7) is 4.04. The molecule has 2 aromatic rings. The maximum Gasteiger partial charge on any atom is 0.269 e. The summed E-state index contributed by atoms with van der Waals surface area (Å²) in [4.78, 5) is 25.2. The molecule has 2 atom stereocenters. The number of rotatable bonds is 4. The van der Waals surface area contributed by atoms with E-state index in [4.69, 9.17) is 0 Å². The summed E-state index contributed by atoms with van der Waals surface area (Å²) in [5, 5.41) is 14.2. The molecule has 6 heteroatoms. The molecule has 24 heavy (non-hydrogen) atoms. The van der Waals surface area contributed by atoms with Crippen LogP contribution in [-0.4, -0.2) is 21.8 Å². The number of carbonyl (C=O) groups excluding carboxylic acids is 1. The normalized spacial score (nSPS) is 17.8. The summed E-state index contributed by atoms with van der Waals surface area (Å²) < 4.78 is 0. The fourth-order valence-corrected chi connectivity index (χ4v) is 2.94. The first-order valence-corrected chi connectivity index (χ1v) is 7.95.